The van der Waals surface area contributed by atoms with Crippen LogP contribution in [0.15, 0.2) is 46.2 Å². The van der Waals surface area contributed by atoms with Crippen molar-refractivity contribution in [2.24, 2.45) is 0 Å². The highest BCUT2D eigenvalue weighted by molar-refractivity contribution is 8.00. The summed E-state index contributed by atoms with van der Waals surface area (Å²) in [5, 5.41) is 2.73. The Bertz CT molecular complexity index is 960. The first-order valence-electron chi connectivity index (χ1n) is 8.25. The summed E-state index contributed by atoms with van der Waals surface area (Å²) in [6.07, 6.45) is 0. The minimum absolute atomic E-state index is 0.141. The fourth-order valence-electron chi connectivity index (χ4n) is 2.54. The maximum Gasteiger partial charge on any atom is 0.240 e. The molecule has 0 unspecified atom stereocenters. The van der Waals surface area contributed by atoms with Gasteiger partial charge in [0.25, 0.3) is 0 Å². The molecule has 0 radical (unpaired) electrons. The zero-order valence-corrected chi connectivity index (χ0v) is 16.6. The summed E-state index contributed by atoms with van der Waals surface area (Å²) in [4.78, 5) is 13.3. The number of amides is 1. The van der Waals surface area contributed by atoms with Crippen LogP contribution in [0.5, 0.6) is 11.5 Å². The summed E-state index contributed by atoms with van der Waals surface area (Å²) in [6, 6.07) is 10.3. The van der Waals surface area contributed by atoms with Crippen molar-refractivity contribution >= 4 is 33.4 Å². The number of aryl methyl sites for hydroxylation is 1. The predicted octanol–water partition coefficient (Wildman–Crippen LogP) is 2.41. The third kappa shape index (κ3) is 4.74. The number of benzene rings is 2. The minimum atomic E-state index is -3.58. The number of rotatable bonds is 6. The lowest BCUT2D eigenvalue weighted by Crippen LogP contribution is -2.20. The molecule has 0 spiro atoms. The number of thioether (sulfide) groups is 1. The first-order chi connectivity index (χ1) is 12.9. The van der Waals surface area contributed by atoms with Gasteiger partial charge in [-0.2, -0.15) is 0 Å². The summed E-state index contributed by atoms with van der Waals surface area (Å²) < 4.78 is 37.4. The Balaban J connectivity index is 1.64. The van der Waals surface area contributed by atoms with Crippen molar-refractivity contribution in [3.8, 4) is 11.5 Å². The molecule has 0 aromatic heterocycles. The number of anilines is 1. The first-order valence-corrected chi connectivity index (χ1v) is 10.7. The van der Waals surface area contributed by atoms with Gasteiger partial charge in [0.15, 0.2) is 11.5 Å². The lowest BCUT2D eigenvalue weighted by atomic mass is 10.2. The molecule has 1 heterocycles. The van der Waals surface area contributed by atoms with Crippen LogP contribution in [0.4, 0.5) is 5.69 Å². The number of carbonyl (C=O) groups is 1. The highest BCUT2D eigenvalue weighted by Gasteiger charge is 2.16. The van der Waals surface area contributed by atoms with Gasteiger partial charge >= 0.3 is 0 Å². The molecule has 1 aliphatic heterocycles. The summed E-state index contributed by atoms with van der Waals surface area (Å²) in [7, 11) is -2.23. The van der Waals surface area contributed by atoms with E-state index in [-0.39, 0.29) is 16.6 Å². The van der Waals surface area contributed by atoms with Crippen LogP contribution in [0, 0.1) is 6.92 Å². The van der Waals surface area contributed by atoms with Crippen molar-refractivity contribution in [1.29, 1.82) is 0 Å². The van der Waals surface area contributed by atoms with Crippen molar-refractivity contribution < 1.29 is 22.7 Å². The number of nitrogens with one attached hydrogen (secondary N) is 2. The molecule has 0 atom stereocenters. The predicted molar refractivity (Wildman–Crippen MR) is 104 cm³/mol. The summed E-state index contributed by atoms with van der Waals surface area (Å²) in [5.41, 5.74) is 1.04. The van der Waals surface area contributed by atoms with Gasteiger partial charge in [-0.15, -0.1) is 11.8 Å². The van der Waals surface area contributed by atoms with E-state index in [1.54, 1.807) is 19.1 Å². The second-order valence-corrected chi connectivity index (χ2v) is 8.73. The largest absolute Gasteiger partial charge is 0.486 e. The van der Waals surface area contributed by atoms with Crippen LogP contribution in [0.1, 0.15) is 5.56 Å². The fraction of sp³-hybridized carbons (Fsp3) is 0.278. The van der Waals surface area contributed by atoms with Crippen molar-refractivity contribution in [3.63, 3.8) is 0 Å². The Morgan fingerprint density at radius 2 is 1.85 bits per heavy atom. The van der Waals surface area contributed by atoms with Crippen molar-refractivity contribution in [2.75, 3.05) is 31.3 Å². The van der Waals surface area contributed by atoms with Gasteiger partial charge < -0.3 is 14.8 Å². The molecular formula is C18H20N2O5S2. The molecule has 0 saturated heterocycles. The van der Waals surface area contributed by atoms with Crippen LogP contribution in [-0.4, -0.2) is 40.3 Å². The summed E-state index contributed by atoms with van der Waals surface area (Å²) in [6.45, 7) is 2.74. The number of carbonyl (C=O) groups excluding carboxylic acids is 1. The number of sulfonamides is 1. The van der Waals surface area contributed by atoms with E-state index in [0.717, 1.165) is 4.90 Å². The monoisotopic (exact) mass is 408 g/mol. The van der Waals surface area contributed by atoms with E-state index in [1.165, 1.54) is 24.9 Å². The van der Waals surface area contributed by atoms with Crippen molar-refractivity contribution in [2.45, 2.75) is 16.7 Å². The molecular weight excluding hydrogens is 388 g/mol. The number of fused-ring (bicyclic) bond motifs is 1. The van der Waals surface area contributed by atoms with Gasteiger partial charge in [-0.1, -0.05) is 6.07 Å². The SMILES string of the molecule is CNS(=O)(=O)c1cc(NC(=O)CSc2ccc3c(c2)OCCO3)ccc1C. The Labute approximate surface area is 162 Å². The van der Waals surface area contributed by atoms with Gasteiger partial charge in [-0.25, -0.2) is 13.1 Å². The lowest BCUT2D eigenvalue weighted by Gasteiger charge is -2.18. The van der Waals surface area contributed by atoms with E-state index in [1.807, 2.05) is 18.2 Å². The molecule has 27 heavy (non-hydrogen) atoms. The fourth-order valence-corrected chi connectivity index (χ4v) is 4.26. The quantitative estimate of drug-likeness (QED) is 0.713. The second kappa shape index (κ2) is 8.20. The van der Waals surface area contributed by atoms with Gasteiger partial charge in [0.2, 0.25) is 15.9 Å². The van der Waals surface area contributed by atoms with Crippen LogP contribution in [0.25, 0.3) is 0 Å². The summed E-state index contributed by atoms with van der Waals surface area (Å²) >= 11 is 1.36. The molecule has 0 bridgehead atoms. The zero-order valence-electron chi connectivity index (χ0n) is 14.9. The molecule has 3 rings (SSSR count). The van der Waals surface area contributed by atoms with Gasteiger partial charge in [0, 0.05) is 10.6 Å². The Hall–Kier alpha value is -2.23. The molecule has 144 valence electrons. The van der Waals surface area contributed by atoms with E-state index in [9.17, 15) is 13.2 Å². The van der Waals surface area contributed by atoms with E-state index in [2.05, 4.69) is 10.0 Å². The molecule has 1 aliphatic rings. The van der Waals surface area contributed by atoms with Crippen molar-refractivity contribution in [3.05, 3.63) is 42.0 Å². The molecule has 2 N–H and O–H groups in total. The van der Waals surface area contributed by atoms with Gasteiger partial charge in [-0.3, -0.25) is 4.79 Å². The maximum atomic E-state index is 12.2. The van der Waals surface area contributed by atoms with Gasteiger partial charge in [-0.05, 0) is 49.9 Å². The minimum Gasteiger partial charge on any atom is -0.486 e. The van der Waals surface area contributed by atoms with Gasteiger partial charge in [0.1, 0.15) is 13.2 Å². The number of ether oxygens (including phenoxy) is 2. The van der Waals surface area contributed by atoms with Crippen LogP contribution < -0.4 is 19.5 Å². The second-order valence-electron chi connectivity index (χ2n) is 5.83. The average Bonchev–Trinajstić information content (AvgIpc) is 2.67. The highest BCUT2D eigenvalue weighted by atomic mass is 32.2. The Kier molecular flexibility index (Phi) is 5.93. The molecule has 0 aliphatic carbocycles. The smallest absolute Gasteiger partial charge is 0.240 e. The Morgan fingerprint density at radius 3 is 2.59 bits per heavy atom. The van der Waals surface area contributed by atoms with E-state index < -0.39 is 10.0 Å². The molecule has 1 amide bonds. The van der Waals surface area contributed by atoms with Gasteiger partial charge in [0.05, 0.1) is 10.6 Å². The van der Waals surface area contributed by atoms with Crippen molar-refractivity contribution in [1.82, 2.24) is 4.72 Å². The average molecular weight is 409 g/mol. The lowest BCUT2D eigenvalue weighted by molar-refractivity contribution is -0.113. The molecule has 2 aromatic rings. The van der Waals surface area contributed by atoms with E-state index >= 15 is 0 Å². The zero-order chi connectivity index (χ0) is 19.4. The molecule has 0 saturated carbocycles. The van der Waals surface area contributed by atoms with Crippen LogP contribution >= 0.6 is 11.8 Å². The van der Waals surface area contributed by atoms with E-state index in [0.29, 0.717) is 36.0 Å². The third-order valence-electron chi connectivity index (χ3n) is 3.91. The first kappa shape index (κ1) is 19.5. The number of hydrogen-bond acceptors (Lipinski definition) is 6. The van der Waals surface area contributed by atoms with Crippen LogP contribution in [0.2, 0.25) is 0 Å². The number of hydrogen-bond donors (Lipinski definition) is 2. The highest BCUT2D eigenvalue weighted by Crippen LogP contribution is 2.34. The van der Waals surface area contributed by atoms with E-state index in [4.69, 9.17) is 9.47 Å². The molecule has 0 fully saturated rings. The topological polar surface area (TPSA) is 93.7 Å². The molecule has 7 nitrogen and oxygen atoms in total. The molecule has 9 heteroatoms. The van der Waals surface area contributed by atoms with Crippen LogP contribution in [-0.2, 0) is 14.8 Å². The summed E-state index contributed by atoms with van der Waals surface area (Å²) in [5.74, 6) is 1.33. The normalized spacial score (nSPS) is 13.3. The third-order valence-corrected chi connectivity index (χ3v) is 6.46. The molecule has 2 aromatic carbocycles. The Morgan fingerprint density at radius 1 is 1.11 bits per heavy atom. The maximum absolute atomic E-state index is 12.2. The standard InChI is InChI=1S/C18H20N2O5S2/c1-12-3-4-13(9-17(12)27(22,23)19-2)20-18(21)11-26-14-5-6-15-16(10-14)25-8-7-24-15/h3-6,9-10,19H,7-8,11H2,1-2H3,(H,20,21). The van der Waals surface area contributed by atoms with Crippen LogP contribution in [0.3, 0.4) is 0 Å².